The molecule has 0 bridgehead atoms. The maximum Gasteiger partial charge on any atom is 0.321 e. The van der Waals surface area contributed by atoms with Crippen LogP contribution in [0, 0.1) is 0 Å². The SMILES string of the molecule is CCCCC(=O)O[SH](=O)=O. The Morgan fingerprint density at radius 1 is 1.50 bits per heavy atom. The Kier molecular flexibility index (Phi) is 4.92. The minimum absolute atomic E-state index is 0.180. The normalized spacial score (nSPS) is 9.80. The van der Waals surface area contributed by atoms with Crippen molar-refractivity contribution in [3.05, 3.63) is 0 Å². The minimum Gasteiger partial charge on any atom is -0.348 e. The summed E-state index contributed by atoms with van der Waals surface area (Å²) in [6.07, 6.45) is 1.70. The van der Waals surface area contributed by atoms with Crippen molar-refractivity contribution < 1.29 is 17.4 Å². The molecule has 4 nitrogen and oxygen atoms in total. The lowest BCUT2D eigenvalue weighted by Crippen LogP contribution is -2.01. The van der Waals surface area contributed by atoms with Gasteiger partial charge in [-0.3, -0.25) is 4.79 Å². The van der Waals surface area contributed by atoms with E-state index < -0.39 is 17.0 Å². The minimum atomic E-state index is -3.01. The van der Waals surface area contributed by atoms with Gasteiger partial charge >= 0.3 is 17.0 Å². The second-order valence-electron chi connectivity index (χ2n) is 1.79. The second-order valence-corrected chi connectivity index (χ2v) is 2.42. The average molecular weight is 166 g/mol. The molecule has 0 saturated heterocycles. The summed E-state index contributed by atoms with van der Waals surface area (Å²) < 4.78 is 23.4. The van der Waals surface area contributed by atoms with Gasteiger partial charge in [0.2, 0.25) is 0 Å². The van der Waals surface area contributed by atoms with E-state index in [1.54, 1.807) is 0 Å². The Balaban J connectivity index is 3.44. The van der Waals surface area contributed by atoms with E-state index in [9.17, 15) is 13.2 Å². The molecule has 0 aliphatic rings. The predicted molar refractivity (Wildman–Crippen MR) is 35.9 cm³/mol. The van der Waals surface area contributed by atoms with E-state index in [0.717, 1.165) is 6.42 Å². The molecule has 0 aliphatic heterocycles. The maximum absolute atomic E-state index is 10.4. The molecule has 0 rings (SSSR count). The highest BCUT2D eigenvalue weighted by atomic mass is 32.2. The van der Waals surface area contributed by atoms with E-state index in [1.807, 2.05) is 6.92 Å². The number of carbonyl (C=O) groups excluding carboxylic acids is 1. The lowest BCUT2D eigenvalue weighted by Gasteiger charge is -1.92. The van der Waals surface area contributed by atoms with Crippen LogP contribution in [0.5, 0.6) is 0 Å². The van der Waals surface area contributed by atoms with E-state index in [4.69, 9.17) is 0 Å². The van der Waals surface area contributed by atoms with Crippen molar-refractivity contribution in [3.63, 3.8) is 0 Å². The third kappa shape index (κ3) is 5.55. The van der Waals surface area contributed by atoms with Gasteiger partial charge in [0.05, 0.1) is 0 Å². The number of hydrogen-bond donors (Lipinski definition) is 1. The molecule has 10 heavy (non-hydrogen) atoms. The highest BCUT2D eigenvalue weighted by molar-refractivity contribution is 7.67. The van der Waals surface area contributed by atoms with Gasteiger partial charge in [-0.05, 0) is 6.42 Å². The number of rotatable bonds is 4. The van der Waals surface area contributed by atoms with Gasteiger partial charge in [0.15, 0.2) is 0 Å². The first-order chi connectivity index (χ1) is 4.66. The Bertz CT molecular complexity index is 164. The van der Waals surface area contributed by atoms with E-state index in [0.29, 0.717) is 6.42 Å². The molecule has 0 unspecified atom stereocenters. The van der Waals surface area contributed by atoms with Gasteiger partial charge in [-0.25, -0.2) is 0 Å². The summed E-state index contributed by atoms with van der Waals surface area (Å²) in [5, 5.41) is 0. The summed E-state index contributed by atoms with van der Waals surface area (Å²) in [7, 11) is -3.01. The van der Waals surface area contributed by atoms with Crippen molar-refractivity contribution in [1.82, 2.24) is 0 Å². The van der Waals surface area contributed by atoms with Crippen LogP contribution in [0.15, 0.2) is 0 Å². The fourth-order valence-electron chi connectivity index (χ4n) is 0.450. The summed E-state index contributed by atoms with van der Waals surface area (Å²) in [6.45, 7) is 1.91. The molecule has 0 aromatic heterocycles. The number of unbranched alkanes of at least 4 members (excludes halogenated alkanes) is 1. The monoisotopic (exact) mass is 166 g/mol. The van der Waals surface area contributed by atoms with E-state index >= 15 is 0 Å². The first-order valence-electron chi connectivity index (χ1n) is 3.02. The molecular weight excluding hydrogens is 156 g/mol. The number of thiol groups is 1. The van der Waals surface area contributed by atoms with Crippen molar-refractivity contribution in [1.29, 1.82) is 0 Å². The van der Waals surface area contributed by atoms with E-state index in [2.05, 4.69) is 4.18 Å². The summed E-state index contributed by atoms with van der Waals surface area (Å²) in [5.74, 6) is -0.669. The smallest absolute Gasteiger partial charge is 0.321 e. The van der Waals surface area contributed by atoms with Gasteiger partial charge in [-0.15, -0.1) is 0 Å². The zero-order chi connectivity index (χ0) is 7.98. The van der Waals surface area contributed by atoms with Crippen molar-refractivity contribution in [2.75, 3.05) is 0 Å². The Morgan fingerprint density at radius 2 is 2.10 bits per heavy atom. The topological polar surface area (TPSA) is 60.4 Å². The molecule has 0 aromatic rings. The van der Waals surface area contributed by atoms with Crippen LogP contribution >= 0.6 is 0 Å². The lowest BCUT2D eigenvalue weighted by molar-refractivity contribution is -0.133. The third-order valence-electron chi connectivity index (χ3n) is 0.911. The standard InChI is InChI=1S/C5H10O4S/c1-2-3-4-5(6)9-10(7)8/h10H,2-4H2,1H3. The van der Waals surface area contributed by atoms with Crippen LogP contribution in [0.2, 0.25) is 0 Å². The van der Waals surface area contributed by atoms with Crippen LogP contribution < -0.4 is 0 Å². The van der Waals surface area contributed by atoms with Gasteiger partial charge in [-0.2, -0.15) is 8.42 Å². The van der Waals surface area contributed by atoms with Gasteiger partial charge < -0.3 is 4.18 Å². The highest BCUT2D eigenvalue weighted by Crippen LogP contribution is 1.95. The van der Waals surface area contributed by atoms with Gasteiger partial charge in [0.1, 0.15) is 0 Å². The Morgan fingerprint density at radius 3 is 2.50 bits per heavy atom. The highest BCUT2D eigenvalue weighted by Gasteiger charge is 2.00. The van der Waals surface area contributed by atoms with Crippen LogP contribution in [-0.4, -0.2) is 14.4 Å². The first kappa shape index (κ1) is 9.42. The fourth-order valence-corrected chi connectivity index (χ4v) is 0.707. The molecule has 0 atom stereocenters. The van der Waals surface area contributed by atoms with Crippen molar-refractivity contribution in [2.45, 2.75) is 26.2 Å². The molecule has 0 amide bonds. The molecule has 0 heterocycles. The third-order valence-corrected chi connectivity index (χ3v) is 1.26. The van der Waals surface area contributed by atoms with Crippen molar-refractivity contribution in [2.24, 2.45) is 0 Å². The van der Waals surface area contributed by atoms with Crippen LogP contribution in [0.1, 0.15) is 26.2 Å². The predicted octanol–water partition coefficient (Wildman–Crippen LogP) is 0.246. The molecule has 0 aliphatic carbocycles. The molecular formula is C5H10O4S. The summed E-state index contributed by atoms with van der Waals surface area (Å²) >= 11 is 0. The number of hydrogen-bond acceptors (Lipinski definition) is 4. The van der Waals surface area contributed by atoms with E-state index in [1.165, 1.54) is 0 Å². The molecule has 0 aromatic carbocycles. The fraction of sp³-hybridized carbons (Fsp3) is 0.800. The van der Waals surface area contributed by atoms with Crippen molar-refractivity contribution >= 4 is 17.0 Å². The first-order valence-corrected chi connectivity index (χ1v) is 4.11. The van der Waals surface area contributed by atoms with Gasteiger partial charge in [0, 0.05) is 6.42 Å². The van der Waals surface area contributed by atoms with Crippen LogP contribution in [0.25, 0.3) is 0 Å². The lowest BCUT2D eigenvalue weighted by atomic mass is 10.3. The molecule has 0 fully saturated rings. The van der Waals surface area contributed by atoms with Gasteiger partial charge in [-0.1, -0.05) is 13.3 Å². The Labute approximate surface area is 61.3 Å². The summed E-state index contributed by atoms with van der Waals surface area (Å²) in [4.78, 5) is 10.4. The summed E-state index contributed by atoms with van der Waals surface area (Å²) in [6, 6.07) is 0. The molecule has 5 heteroatoms. The second kappa shape index (κ2) is 5.22. The molecule has 0 saturated carbocycles. The zero-order valence-electron chi connectivity index (χ0n) is 5.70. The average Bonchev–Trinajstić information content (AvgIpc) is 1.82. The number of carbonyl (C=O) groups is 1. The largest absolute Gasteiger partial charge is 0.348 e. The van der Waals surface area contributed by atoms with Crippen LogP contribution in [-0.2, 0) is 20.0 Å². The maximum atomic E-state index is 10.4. The molecule has 0 N–H and O–H groups in total. The van der Waals surface area contributed by atoms with Crippen LogP contribution in [0.4, 0.5) is 0 Å². The van der Waals surface area contributed by atoms with Crippen LogP contribution in [0.3, 0.4) is 0 Å². The molecule has 0 radical (unpaired) electrons. The van der Waals surface area contributed by atoms with Gasteiger partial charge in [0.25, 0.3) is 0 Å². The zero-order valence-corrected chi connectivity index (χ0v) is 6.60. The molecule has 60 valence electrons. The summed E-state index contributed by atoms with van der Waals surface area (Å²) in [5.41, 5.74) is 0. The molecule has 0 spiro atoms. The Hall–Kier alpha value is -0.580. The van der Waals surface area contributed by atoms with E-state index in [-0.39, 0.29) is 6.42 Å². The quantitative estimate of drug-likeness (QED) is 0.608. The van der Waals surface area contributed by atoms with Crippen molar-refractivity contribution in [3.8, 4) is 0 Å².